The number of likely N-dealkylation sites (tertiary alicyclic amines) is 1. The summed E-state index contributed by atoms with van der Waals surface area (Å²) in [5.74, 6) is 0. The summed E-state index contributed by atoms with van der Waals surface area (Å²) in [6.45, 7) is 10.7. The SMILES string of the molecule is CSC(C)(C)CNCCN1CCCC1. The van der Waals surface area contributed by atoms with E-state index in [1.165, 1.54) is 32.5 Å². The first-order valence-electron chi connectivity index (χ1n) is 5.62. The van der Waals surface area contributed by atoms with Crippen LogP contribution in [0.5, 0.6) is 0 Å². The molecule has 84 valence electrons. The van der Waals surface area contributed by atoms with Gasteiger partial charge in [-0.05, 0) is 46.0 Å². The van der Waals surface area contributed by atoms with E-state index in [0.29, 0.717) is 4.75 Å². The molecular formula is C11H24N2S. The molecule has 0 aromatic carbocycles. The van der Waals surface area contributed by atoms with Crippen LogP contribution in [0.4, 0.5) is 0 Å². The van der Waals surface area contributed by atoms with Gasteiger partial charge in [-0.25, -0.2) is 0 Å². The Kier molecular flexibility index (Phi) is 5.28. The van der Waals surface area contributed by atoms with Crippen molar-refractivity contribution in [2.45, 2.75) is 31.4 Å². The van der Waals surface area contributed by atoms with E-state index in [2.05, 4.69) is 30.3 Å². The van der Waals surface area contributed by atoms with E-state index >= 15 is 0 Å². The van der Waals surface area contributed by atoms with Crippen LogP contribution in [0.25, 0.3) is 0 Å². The van der Waals surface area contributed by atoms with Crippen molar-refractivity contribution >= 4 is 11.8 Å². The Morgan fingerprint density at radius 2 is 1.93 bits per heavy atom. The Balaban J connectivity index is 1.98. The van der Waals surface area contributed by atoms with Crippen LogP contribution in [0.15, 0.2) is 0 Å². The number of hydrogen-bond donors (Lipinski definition) is 1. The second-order valence-electron chi connectivity index (χ2n) is 4.69. The lowest BCUT2D eigenvalue weighted by Gasteiger charge is -2.23. The first-order chi connectivity index (χ1) is 6.64. The van der Waals surface area contributed by atoms with Gasteiger partial charge in [-0.15, -0.1) is 0 Å². The molecule has 0 atom stereocenters. The quantitative estimate of drug-likeness (QED) is 0.682. The molecule has 1 rings (SSSR count). The van der Waals surface area contributed by atoms with Gasteiger partial charge in [-0.2, -0.15) is 11.8 Å². The third kappa shape index (κ3) is 4.67. The van der Waals surface area contributed by atoms with Crippen molar-refractivity contribution < 1.29 is 0 Å². The maximum atomic E-state index is 3.54. The first kappa shape index (κ1) is 12.3. The molecule has 0 aliphatic carbocycles. The molecule has 3 heteroatoms. The van der Waals surface area contributed by atoms with E-state index in [-0.39, 0.29) is 0 Å². The van der Waals surface area contributed by atoms with E-state index < -0.39 is 0 Å². The molecule has 1 aliphatic rings. The average molecular weight is 216 g/mol. The summed E-state index contributed by atoms with van der Waals surface area (Å²) in [5.41, 5.74) is 0. The monoisotopic (exact) mass is 216 g/mol. The maximum Gasteiger partial charge on any atom is 0.0225 e. The Bertz CT molecular complexity index is 153. The fourth-order valence-corrected chi connectivity index (χ4v) is 1.95. The minimum absolute atomic E-state index is 0.380. The van der Waals surface area contributed by atoms with E-state index in [9.17, 15) is 0 Å². The summed E-state index contributed by atoms with van der Waals surface area (Å²) in [5, 5.41) is 3.54. The summed E-state index contributed by atoms with van der Waals surface area (Å²) in [7, 11) is 0. The van der Waals surface area contributed by atoms with Crippen LogP contribution < -0.4 is 5.32 Å². The van der Waals surface area contributed by atoms with Gasteiger partial charge in [0.15, 0.2) is 0 Å². The van der Waals surface area contributed by atoms with Crippen LogP contribution in [-0.2, 0) is 0 Å². The van der Waals surface area contributed by atoms with Crippen LogP contribution in [0.2, 0.25) is 0 Å². The molecule has 0 bridgehead atoms. The lowest BCUT2D eigenvalue weighted by Crippen LogP contribution is -2.37. The van der Waals surface area contributed by atoms with Crippen LogP contribution in [0.3, 0.4) is 0 Å². The van der Waals surface area contributed by atoms with Gasteiger partial charge in [-0.1, -0.05) is 0 Å². The Morgan fingerprint density at radius 3 is 2.50 bits per heavy atom. The highest BCUT2D eigenvalue weighted by Gasteiger charge is 2.15. The highest BCUT2D eigenvalue weighted by molar-refractivity contribution is 7.99. The molecule has 14 heavy (non-hydrogen) atoms. The lowest BCUT2D eigenvalue weighted by molar-refractivity contribution is 0.334. The number of nitrogens with one attached hydrogen (secondary N) is 1. The Hall–Kier alpha value is 0.270. The van der Waals surface area contributed by atoms with Gasteiger partial charge in [0.2, 0.25) is 0 Å². The van der Waals surface area contributed by atoms with Crippen molar-refractivity contribution in [1.82, 2.24) is 10.2 Å². The van der Waals surface area contributed by atoms with Crippen molar-refractivity contribution in [3.63, 3.8) is 0 Å². The molecule has 1 heterocycles. The van der Waals surface area contributed by atoms with Gasteiger partial charge in [0.25, 0.3) is 0 Å². The molecule has 1 saturated heterocycles. The molecule has 0 spiro atoms. The summed E-state index contributed by atoms with van der Waals surface area (Å²) in [4.78, 5) is 2.55. The maximum absolute atomic E-state index is 3.54. The zero-order valence-corrected chi connectivity index (χ0v) is 10.6. The summed E-state index contributed by atoms with van der Waals surface area (Å²) < 4.78 is 0.380. The molecule has 0 aromatic rings. The number of thioether (sulfide) groups is 1. The van der Waals surface area contributed by atoms with Gasteiger partial charge in [-0.3, -0.25) is 0 Å². The van der Waals surface area contributed by atoms with Crippen LogP contribution >= 0.6 is 11.8 Å². The minimum atomic E-state index is 0.380. The zero-order valence-electron chi connectivity index (χ0n) is 9.81. The Morgan fingerprint density at radius 1 is 1.29 bits per heavy atom. The van der Waals surface area contributed by atoms with Crippen LogP contribution in [0, 0.1) is 0 Å². The van der Waals surface area contributed by atoms with Crippen molar-refractivity contribution in [1.29, 1.82) is 0 Å². The van der Waals surface area contributed by atoms with Gasteiger partial charge < -0.3 is 10.2 Å². The molecule has 1 aliphatic heterocycles. The normalized spacial score (nSPS) is 19.1. The van der Waals surface area contributed by atoms with Gasteiger partial charge in [0.05, 0.1) is 0 Å². The smallest absolute Gasteiger partial charge is 0.0225 e. The van der Waals surface area contributed by atoms with Crippen molar-refractivity contribution in [3.05, 3.63) is 0 Å². The van der Waals surface area contributed by atoms with Crippen molar-refractivity contribution in [2.75, 3.05) is 39.0 Å². The molecule has 0 aromatic heterocycles. The van der Waals surface area contributed by atoms with Crippen LogP contribution in [-0.4, -0.2) is 48.6 Å². The molecular weight excluding hydrogens is 192 g/mol. The van der Waals surface area contributed by atoms with Gasteiger partial charge in [0, 0.05) is 24.4 Å². The molecule has 1 N–H and O–H groups in total. The highest BCUT2D eigenvalue weighted by atomic mass is 32.2. The second kappa shape index (κ2) is 5.99. The summed E-state index contributed by atoms with van der Waals surface area (Å²) in [6.07, 6.45) is 4.98. The third-order valence-electron chi connectivity index (χ3n) is 2.91. The summed E-state index contributed by atoms with van der Waals surface area (Å²) in [6, 6.07) is 0. The molecule has 1 fully saturated rings. The van der Waals surface area contributed by atoms with E-state index in [1.54, 1.807) is 0 Å². The number of rotatable bonds is 6. The van der Waals surface area contributed by atoms with Crippen molar-refractivity contribution in [3.8, 4) is 0 Å². The van der Waals surface area contributed by atoms with Gasteiger partial charge in [0.1, 0.15) is 0 Å². The molecule has 0 amide bonds. The molecule has 2 nitrogen and oxygen atoms in total. The average Bonchev–Trinajstić information content (AvgIpc) is 2.65. The largest absolute Gasteiger partial charge is 0.314 e. The van der Waals surface area contributed by atoms with E-state index in [0.717, 1.165) is 13.1 Å². The third-order valence-corrected chi connectivity index (χ3v) is 4.16. The second-order valence-corrected chi connectivity index (χ2v) is 6.20. The summed E-state index contributed by atoms with van der Waals surface area (Å²) >= 11 is 1.93. The predicted octanol–water partition coefficient (Wildman–Crippen LogP) is 1.81. The predicted molar refractivity (Wildman–Crippen MR) is 66.1 cm³/mol. The Labute approximate surface area is 92.8 Å². The first-order valence-corrected chi connectivity index (χ1v) is 6.85. The molecule has 0 radical (unpaired) electrons. The van der Waals surface area contributed by atoms with Crippen molar-refractivity contribution in [2.24, 2.45) is 0 Å². The fourth-order valence-electron chi connectivity index (χ4n) is 1.70. The topological polar surface area (TPSA) is 15.3 Å². The zero-order chi connectivity index (χ0) is 10.4. The van der Waals surface area contributed by atoms with Crippen LogP contribution in [0.1, 0.15) is 26.7 Å². The van der Waals surface area contributed by atoms with Gasteiger partial charge >= 0.3 is 0 Å². The van der Waals surface area contributed by atoms with E-state index in [4.69, 9.17) is 0 Å². The minimum Gasteiger partial charge on any atom is -0.314 e. The highest BCUT2D eigenvalue weighted by Crippen LogP contribution is 2.19. The molecule has 0 saturated carbocycles. The fraction of sp³-hybridized carbons (Fsp3) is 1.00. The standard InChI is InChI=1S/C11H24N2S/c1-11(2,14-3)10-12-6-9-13-7-4-5-8-13/h12H,4-10H2,1-3H3. The number of hydrogen-bond acceptors (Lipinski definition) is 3. The van der Waals surface area contributed by atoms with E-state index in [1.807, 2.05) is 11.8 Å². The lowest BCUT2D eigenvalue weighted by atomic mass is 10.2. The number of nitrogens with zero attached hydrogens (tertiary/aromatic N) is 1. The molecule has 0 unspecified atom stereocenters.